The van der Waals surface area contributed by atoms with Crippen molar-refractivity contribution in [1.82, 2.24) is 0 Å². The number of hydrogen-bond acceptors (Lipinski definition) is 3. The molecule has 0 rings (SSSR count). The summed E-state index contributed by atoms with van der Waals surface area (Å²) in [5.41, 5.74) is 0.247. The summed E-state index contributed by atoms with van der Waals surface area (Å²) in [4.78, 5) is 21.0. The quantitative estimate of drug-likeness (QED) is 0.587. The normalized spacial score (nSPS) is 11.3. The van der Waals surface area contributed by atoms with E-state index >= 15 is 0 Å². The SMILES string of the molecule is CC(=O)C(=CCCO)CC(=O)O. The zero-order chi connectivity index (χ0) is 9.56. The van der Waals surface area contributed by atoms with Crippen LogP contribution >= 0.6 is 0 Å². The lowest BCUT2D eigenvalue weighted by atomic mass is 10.1. The predicted molar refractivity (Wildman–Crippen MR) is 42.7 cm³/mol. The Morgan fingerprint density at radius 1 is 1.42 bits per heavy atom. The molecule has 4 nitrogen and oxygen atoms in total. The number of hydrogen-bond donors (Lipinski definition) is 2. The molecule has 0 aromatic rings. The Labute approximate surface area is 70.5 Å². The average molecular weight is 172 g/mol. The molecule has 0 heterocycles. The Morgan fingerprint density at radius 2 is 2.00 bits per heavy atom. The molecular weight excluding hydrogens is 160 g/mol. The first-order chi connectivity index (χ1) is 5.57. The standard InChI is InChI=1S/C8H12O4/c1-6(10)7(3-2-4-9)5-8(11)12/h3,9H,2,4-5H2,1H3,(H,11,12). The second-order valence-electron chi connectivity index (χ2n) is 2.37. The zero-order valence-corrected chi connectivity index (χ0v) is 6.91. The van der Waals surface area contributed by atoms with E-state index in [0.29, 0.717) is 6.42 Å². The Hall–Kier alpha value is -1.16. The zero-order valence-electron chi connectivity index (χ0n) is 6.91. The lowest BCUT2D eigenvalue weighted by molar-refractivity contribution is -0.136. The molecule has 0 amide bonds. The number of Topliss-reactive ketones (excluding diaryl/α,β-unsaturated/α-hetero) is 1. The van der Waals surface area contributed by atoms with Gasteiger partial charge in [0, 0.05) is 12.2 Å². The van der Waals surface area contributed by atoms with E-state index in [1.807, 2.05) is 0 Å². The summed E-state index contributed by atoms with van der Waals surface area (Å²) in [7, 11) is 0. The van der Waals surface area contributed by atoms with Crippen molar-refractivity contribution >= 4 is 11.8 Å². The van der Waals surface area contributed by atoms with Gasteiger partial charge in [0.25, 0.3) is 0 Å². The van der Waals surface area contributed by atoms with Crippen LogP contribution < -0.4 is 0 Å². The number of aliphatic hydroxyl groups excluding tert-OH is 1. The molecule has 0 unspecified atom stereocenters. The fraction of sp³-hybridized carbons (Fsp3) is 0.500. The summed E-state index contributed by atoms with van der Waals surface area (Å²) >= 11 is 0. The number of carboxylic acids is 1. The van der Waals surface area contributed by atoms with Crippen LogP contribution in [0.25, 0.3) is 0 Å². The molecule has 12 heavy (non-hydrogen) atoms. The van der Waals surface area contributed by atoms with Gasteiger partial charge in [0.2, 0.25) is 0 Å². The van der Waals surface area contributed by atoms with E-state index in [-0.39, 0.29) is 24.4 Å². The summed E-state index contributed by atoms with van der Waals surface area (Å²) in [6.45, 7) is 1.24. The number of carbonyl (C=O) groups excluding carboxylic acids is 1. The van der Waals surface area contributed by atoms with Crippen molar-refractivity contribution in [1.29, 1.82) is 0 Å². The molecule has 0 aromatic carbocycles. The molecule has 0 saturated carbocycles. The number of aliphatic carboxylic acids is 1. The van der Waals surface area contributed by atoms with Gasteiger partial charge in [-0.3, -0.25) is 9.59 Å². The van der Waals surface area contributed by atoms with Crippen LogP contribution in [-0.4, -0.2) is 28.6 Å². The molecule has 0 fully saturated rings. The summed E-state index contributed by atoms with van der Waals surface area (Å²) in [5.74, 6) is -1.29. The third kappa shape index (κ3) is 4.62. The van der Waals surface area contributed by atoms with Crippen molar-refractivity contribution in [3.8, 4) is 0 Å². The smallest absolute Gasteiger partial charge is 0.307 e. The van der Waals surface area contributed by atoms with Gasteiger partial charge in [-0.1, -0.05) is 6.08 Å². The average Bonchev–Trinajstić information content (AvgIpc) is 1.96. The molecule has 0 aliphatic heterocycles. The van der Waals surface area contributed by atoms with Crippen LogP contribution in [0.3, 0.4) is 0 Å². The first-order valence-corrected chi connectivity index (χ1v) is 3.60. The molecule has 0 atom stereocenters. The maximum absolute atomic E-state index is 10.8. The van der Waals surface area contributed by atoms with Crippen molar-refractivity contribution in [3.05, 3.63) is 11.6 Å². The highest BCUT2D eigenvalue weighted by molar-refractivity contribution is 5.97. The van der Waals surface area contributed by atoms with Gasteiger partial charge in [-0.2, -0.15) is 0 Å². The first-order valence-electron chi connectivity index (χ1n) is 3.60. The minimum absolute atomic E-state index is 0.0730. The molecule has 0 aromatic heterocycles. The number of carbonyl (C=O) groups is 2. The Balaban J connectivity index is 4.22. The van der Waals surface area contributed by atoms with Gasteiger partial charge in [0.15, 0.2) is 5.78 Å². The van der Waals surface area contributed by atoms with E-state index in [2.05, 4.69) is 0 Å². The summed E-state index contributed by atoms with van der Waals surface area (Å²) in [5, 5.41) is 16.8. The van der Waals surface area contributed by atoms with Crippen LogP contribution in [0.4, 0.5) is 0 Å². The topological polar surface area (TPSA) is 74.6 Å². The molecule has 0 saturated heterocycles. The van der Waals surface area contributed by atoms with Crippen LogP contribution in [0, 0.1) is 0 Å². The molecule has 2 N–H and O–H groups in total. The number of ketones is 1. The maximum atomic E-state index is 10.8. The Bertz CT molecular complexity index is 205. The van der Waals surface area contributed by atoms with Gasteiger partial charge in [-0.25, -0.2) is 0 Å². The van der Waals surface area contributed by atoms with E-state index in [0.717, 1.165) is 0 Å². The van der Waals surface area contributed by atoms with Crippen LogP contribution in [0.5, 0.6) is 0 Å². The third-order valence-corrected chi connectivity index (χ3v) is 1.31. The molecule has 0 aliphatic rings. The predicted octanol–water partition coefficient (Wildman–Crippen LogP) is 0.359. The van der Waals surface area contributed by atoms with E-state index in [4.69, 9.17) is 10.2 Å². The highest BCUT2D eigenvalue weighted by Gasteiger charge is 2.07. The minimum atomic E-state index is -1.03. The molecule has 4 heteroatoms. The highest BCUT2D eigenvalue weighted by Crippen LogP contribution is 2.03. The van der Waals surface area contributed by atoms with Crippen molar-refractivity contribution in [3.63, 3.8) is 0 Å². The number of carboxylic acid groups (broad SMARTS) is 1. The number of aliphatic hydroxyl groups is 1. The van der Waals surface area contributed by atoms with Crippen LogP contribution in [0.1, 0.15) is 19.8 Å². The van der Waals surface area contributed by atoms with Crippen molar-refractivity contribution in [2.24, 2.45) is 0 Å². The third-order valence-electron chi connectivity index (χ3n) is 1.31. The van der Waals surface area contributed by atoms with Crippen molar-refractivity contribution < 1.29 is 19.8 Å². The van der Waals surface area contributed by atoms with Gasteiger partial charge in [-0.05, 0) is 13.3 Å². The largest absolute Gasteiger partial charge is 0.481 e. The van der Waals surface area contributed by atoms with Gasteiger partial charge >= 0.3 is 5.97 Å². The molecular formula is C8H12O4. The minimum Gasteiger partial charge on any atom is -0.481 e. The molecule has 0 bridgehead atoms. The van der Waals surface area contributed by atoms with E-state index in [9.17, 15) is 9.59 Å². The fourth-order valence-corrected chi connectivity index (χ4v) is 0.742. The molecule has 0 aliphatic carbocycles. The van der Waals surface area contributed by atoms with E-state index in [1.165, 1.54) is 13.0 Å². The van der Waals surface area contributed by atoms with Gasteiger partial charge < -0.3 is 10.2 Å². The molecule has 68 valence electrons. The van der Waals surface area contributed by atoms with Crippen LogP contribution in [0.2, 0.25) is 0 Å². The number of rotatable bonds is 5. The van der Waals surface area contributed by atoms with Gasteiger partial charge in [-0.15, -0.1) is 0 Å². The van der Waals surface area contributed by atoms with E-state index in [1.54, 1.807) is 0 Å². The maximum Gasteiger partial charge on any atom is 0.307 e. The van der Waals surface area contributed by atoms with Gasteiger partial charge in [0.1, 0.15) is 0 Å². The second kappa shape index (κ2) is 5.49. The molecule has 0 radical (unpaired) electrons. The van der Waals surface area contributed by atoms with Crippen molar-refractivity contribution in [2.45, 2.75) is 19.8 Å². The summed E-state index contributed by atoms with van der Waals surface area (Å²) in [6, 6.07) is 0. The Morgan fingerprint density at radius 3 is 2.33 bits per heavy atom. The van der Waals surface area contributed by atoms with Crippen molar-refractivity contribution in [2.75, 3.05) is 6.61 Å². The Kier molecular flexibility index (Phi) is 4.96. The summed E-state index contributed by atoms with van der Waals surface area (Å²) in [6.07, 6.45) is 1.51. The lowest BCUT2D eigenvalue weighted by Crippen LogP contribution is -2.04. The fourth-order valence-electron chi connectivity index (χ4n) is 0.742. The highest BCUT2D eigenvalue weighted by atomic mass is 16.4. The van der Waals surface area contributed by atoms with E-state index < -0.39 is 5.97 Å². The van der Waals surface area contributed by atoms with Gasteiger partial charge in [0.05, 0.1) is 6.42 Å². The lowest BCUT2D eigenvalue weighted by Gasteiger charge is -1.98. The summed E-state index contributed by atoms with van der Waals surface area (Å²) < 4.78 is 0. The van der Waals surface area contributed by atoms with Crippen LogP contribution in [0.15, 0.2) is 11.6 Å². The molecule has 0 spiro atoms. The second-order valence-corrected chi connectivity index (χ2v) is 2.37. The monoisotopic (exact) mass is 172 g/mol. The first kappa shape index (κ1) is 10.8. The van der Waals surface area contributed by atoms with Crippen LogP contribution in [-0.2, 0) is 9.59 Å².